The third-order valence-electron chi connectivity index (χ3n) is 6.21. The summed E-state index contributed by atoms with van der Waals surface area (Å²) in [6.07, 6.45) is 2.94. The number of amides is 1. The van der Waals surface area contributed by atoms with Gasteiger partial charge in [-0.05, 0) is 60.9 Å². The van der Waals surface area contributed by atoms with Crippen molar-refractivity contribution in [3.8, 4) is 34.0 Å². The minimum Gasteiger partial charge on any atom is -0.494 e. The van der Waals surface area contributed by atoms with Crippen molar-refractivity contribution in [1.82, 2.24) is 20.3 Å². The van der Waals surface area contributed by atoms with E-state index in [1.54, 1.807) is 6.07 Å². The van der Waals surface area contributed by atoms with E-state index < -0.39 is 0 Å². The van der Waals surface area contributed by atoms with Crippen molar-refractivity contribution < 1.29 is 14.1 Å². The molecule has 39 heavy (non-hydrogen) atoms. The molecule has 1 amide bonds. The zero-order valence-electron chi connectivity index (χ0n) is 21.8. The SMILES string of the molecule is CC(C)CCOc1ccc(-c2nn(-c3ccccc3)cc2CNC(=O)c2cc(-c3ccc(Br)cc3)on2)cc1. The summed E-state index contributed by atoms with van der Waals surface area (Å²) < 4.78 is 14.1. The molecule has 1 N–H and O–H groups in total. The van der Waals surface area contributed by atoms with E-state index in [9.17, 15) is 4.79 Å². The first kappa shape index (κ1) is 26.4. The third kappa shape index (κ3) is 6.64. The fraction of sp³-hybridized carbons (Fsp3) is 0.194. The quantitative estimate of drug-likeness (QED) is 0.186. The van der Waals surface area contributed by atoms with Crippen molar-refractivity contribution in [2.75, 3.05) is 6.61 Å². The Labute approximate surface area is 235 Å². The number of benzene rings is 3. The molecule has 2 heterocycles. The number of hydrogen-bond donors (Lipinski definition) is 1. The highest BCUT2D eigenvalue weighted by Gasteiger charge is 2.17. The van der Waals surface area contributed by atoms with Crippen LogP contribution in [0.1, 0.15) is 36.3 Å². The number of aromatic nitrogens is 3. The van der Waals surface area contributed by atoms with Gasteiger partial charge < -0.3 is 14.6 Å². The molecule has 0 bridgehead atoms. The van der Waals surface area contributed by atoms with Gasteiger partial charge in [-0.1, -0.05) is 65.3 Å². The largest absolute Gasteiger partial charge is 0.494 e. The van der Waals surface area contributed by atoms with Gasteiger partial charge in [-0.15, -0.1) is 0 Å². The van der Waals surface area contributed by atoms with Crippen LogP contribution in [0, 0.1) is 5.92 Å². The second-order valence-corrected chi connectivity index (χ2v) is 10.5. The Morgan fingerprint density at radius 3 is 2.44 bits per heavy atom. The Bertz CT molecular complexity index is 1520. The van der Waals surface area contributed by atoms with Crippen molar-refractivity contribution in [3.05, 3.63) is 107 Å². The molecule has 8 heteroatoms. The molecular formula is C31H29BrN4O3. The monoisotopic (exact) mass is 584 g/mol. The predicted molar refractivity (Wildman–Crippen MR) is 155 cm³/mol. The number of nitrogens with one attached hydrogen (secondary N) is 1. The molecule has 0 fully saturated rings. The molecule has 2 aromatic heterocycles. The Morgan fingerprint density at radius 2 is 1.72 bits per heavy atom. The number of ether oxygens (including phenoxy) is 1. The predicted octanol–water partition coefficient (Wildman–Crippen LogP) is 7.31. The van der Waals surface area contributed by atoms with E-state index in [0.717, 1.165) is 44.7 Å². The average molecular weight is 586 g/mol. The van der Waals surface area contributed by atoms with Crippen LogP contribution < -0.4 is 10.1 Å². The molecule has 5 aromatic rings. The minimum absolute atomic E-state index is 0.216. The highest BCUT2D eigenvalue weighted by molar-refractivity contribution is 9.10. The molecule has 0 atom stereocenters. The number of nitrogens with zero attached hydrogens (tertiary/aromatic N) is 3. The highest BCUT2D eigenvalue weighted by atomic mass is 79.9. The van der Waals surface area contributed by atoms with Gasteiger partial charge in [-0.2, -0.15) is 5.10 Å². The van der Waals surface area contributed by atoms with E-state index in [0.29, 0.717) is 18.3 Å². The summed E-state index contributed by atoms with van der Waals surface area (Å²) in [4.78, 5) is 12.9. The smallest absolute Gasteiger partial charge is 0.273 e. The molecule has 0 unspecified atom stereocenters. The van der Waals surface area contributed by atoms with Crippen LogP contribution in [0.3, 0.4) is 0 Å². The number of hydrogen-bond acceptors (Lipinski definition) is 5. The molecule has 0 radical (unpaired) electrons. The zero-order valence-corrected chi connectivity index (χ0v) is 23.4. The zero-order chi connectivity index (χ0) is 27.2. The maximum absolute atomic E-state index is 12.9. The molecule has 0 saturated heterocycles. The van der Waals surface area contributed by atoms with Crippen LogP contribution in [0.5, 0.6) is 5.75 Å². The molecule has 198 valence electrons. The second-order valence-electron chi connectivity index (χ2n) is 9.60. The maximum atomic E-state index is 12.9. The van der Waals surface area contributed by atoms with Crippen LogP contribution in [0.4, 0.5) is 0 Å². The Morgan fingerprint density at radius 1 is 1.00 bits per heavy atom. The second kappa shape index (κ2) is 12.1. The van der Waals surface area contributed by atoms with Crippen LogP contribution in [0.2, 0.25) is 0 Å². The molecular weight excluding hydrogens is 556 g/mol. The van der Waals surface area contributed by atoms with Gasteiger partial charge in [0, 0.05) is 40.0 Å². The van der Waals surface area contributed by atoms with Crippen LogP contribution in [-0.4, -0.2) is 27.5 Å². The number of carbonyl (C=O) groups is 1. The van der Waals surface area contributed by atoms with Crippen LogP contribution >= 0.6 is 15.9 Å². The first-order valence-electron chi connectivity index (χ1n) is 12.8. The summed E-state index contributed by atoms with van der Waals surface area (Å²) >= 11 is 3.42. The lowest BCUT2D eigenvalue weighted by atomic mass is 10.1. The molecule has 0 aliphatic carbocycles. The lowest BCUT2D eigenvalue weighted by molar-refractivity contribution is 0.0942. The maximum Gasteiger partial charge on any atom is 0.273 e. The average Bonchev–Trinajstić information content (AvgIpc) is 3.61. The fourth-order valence-corrected chi connectivity index (χ4v) is 4.28. The van der Waals surface area contributed by atoms with Crippen molar-refractivity contribution >= 4 is 21.8 Å². The first-order valence-corrected chi connectivity index (χ1v) is 13.6. The lowest BCUT2D eigenvalue weighted by Gasteiger charge is -2.09. The minimum atomic E-state index is -0.325. The van der Waals surface area contributed by atoms with E-state index in [-0.39, 0.29) is 18.1 Å². The summed E-state index contributed by atoms with van der Waals surface area (Å²) in [5.74, 6) is 1.62. The normalized spacial score (nSPS) is 11.1. The molecule has 0 aliphatic heterocycles. The molecule has 3 aromatic carbocycles. The number of rotatable bonds is 10. The number of para-hydroxylation sites is 1. The summed E-state index contributed by atoms with van der Waals surface area (Å²) in [5, 5.41) is 11.8. The molecule has 0 aliphatic rings. The van der Waals surface area contributed by atoms with Crippen molar-refractivity contribution in [1.29, 1.82) is 0 Å². The van der Waals surface area contributed by atoms with Gasteiger partial charge in [-0.25, -0.2) is 4.68 Å². The van der Waals surface area contributed by atoms with Gasteiger partial charge in [0.25, 0.3) is 5.91 Å². The van der Waals surface area contributed by atoms with Gasteiger partial charge in [0.2, 0.25) is 0 Å². The van der Waals surface area contributed by atoms with E-state index in [1.165, 1.54) is 0 Å². The lowest BCUT2D eigenvalue weighted by Crippen LogP contribution is -2.23. The van der Waals surface area contributed by atoms with Gasteiger partial charge in [-0.3, -0.25) is 4.79 Å². The summed E-state index contributed by atoms with van der Waals surface area (Å²) in [5.41, 5.74) is 4.58. The van der Waals surface area contributed by atoms with Gasteiger partial charge in [0.15, 0.2) is 11.5 Å². The van der Waals surface area contributed by atoms with Crippen molar-refractivity contribution in [3.63, 3.8) is 0 Å². The molecule has 7 nitrogen and oxygen atoms in total. The van der Waals surface area contributed by atoms with E-state index in [4.69, 9.17) is 14.4 Å². The topological polar surface area (TPSA) is 82.2 Å². The van der Waals surface area contributed by atoms with Crippen LogP contribution in [-0.2, 0) is 6.54 Å². The molecule has 5 rings (SSSR count). The van der Waals surface area contributed by atoms with Crippen LogP contribution in [0.15, 0.2) is 100 Å². The summed E-state index contributed by atoms with van der Waals surface area (Å²) in [7, 11) is 0. The van der Waals surface area contributed by atoms with Crippen molar-refractivity contribution in [2.24, 2.45) is 5.92 Å². The number of carbonyl (C=O) groups excluding carboxylic acids is 1. The summed E-state index contributed by atoms with van der Waals surface area (Å²) in [6.45, 7) is 5.32. The highest BCUT2D eigenvalue weighted by Crippen LogP contribution is 2.27. The van der Waals surface area contributed by atoms with E-state index in [2.05, 4.69) is 40.3 Å². The third-order valence-corrected chi connectivity index (χ3v) is 6.74. The van der Waals surface area contributed by atoms with Gasteiger partial charge >= 0.3 is 0 Å². The van der Waals surface area contributed by atoms with Crippen LogP contribution in [0.25, 0.3) is 28.3 Å². The standard InChI is InChI=1S/C31H29BrN4O3/c1-21(2)16-17-38-27-14-10-23(11-15-27)30-24(20-36(34-30)26-6-4-3-5-7-26)19-33-31(37)28-18-29(39-35-28)22-8-12-25(32)13-9-22/h3-15,18,20-21H,16-17,19H2,1-2H3,(H,33,37). The molecule has 0 spiro atoms. The van der Waals surface area contributed by atoms with Crippen molar-refractivity contribution in [2.45, 2.75) is 26.8 Å². The fourth-order valence-electron chi connectivity index (χ4n) is 4.02. The van der Waals surface area contributed by atoms with Gasteiger partial charge in [0.05, 0.1) is 18.0 Å². The Hall–Kier alpha value is -4.17. The number of halogens is 1. The van der Waals surface area contributed by atoms with E-state index in [1.807, 2.05) is 89.7 Å². The molecule has 0 saturated carbocycles. The summed E-state index contributed by atoms with van der Waals surface area (Å²) in [6, 6.07) is 27.1. The van der Waals surface area contributed by atoms with E-state index >= 15 is 0 Å². The first-order chi connectivity index (χ1) is 19.0. The van der Waals surface area contributed by atoms with Gasteiger partial charge in [0.1, 0.15) is 5.75 Å². The Kier molecular flexibility index (Phi) is 8.22. The Balaban J connectivity index is 1.34.